The lowest BCUT2D eigenvalue weighted by molar-refractivity contribution is -0.157. The summed E-state index contributed by atoms with van der Waals surface area (Å²) in [4.78, 5) is 40.1. The minimum absolute atomic E-state index is 0.129. The second kappa shape index (κ2) is 8.25. The van der Waals surface area contributed by atoms with Crippen LogP contribution in [0.25, 0.3) is 0 Å². The smallest absolute Gasteiger partial charge is 0.312 e. The number of anilines is 1. The Morgan fingerprint density at radius 1 is 0.893 bits per heavy atom. The van der Waals surface area contributed by atoms with E-state index in [9.17, 15) is 14.4 Å². The fourth-order valence-electron chi connectivity index (χ4n) is 3.25. The maximum absolute atomic E-state index is 12.4. The van der Waals surface area contributed by atoms with Crippen molar-refractivity contribution in [2.24, 2.45) is 0 Å². The van der Waals surface area contributed by atoms with E-state index in [0.29, 0.717) is 25.3 Å². The van der Waals surface area contributed by atoms with E-state index in [1.54, 1.807) is 0 Å². The van der Waals surface area contributed by atoms with Gasteiger partial charge in [0.2, 0.25) is 5.91 Å². The molecule has 0 spiro atoms. The Bertz CT molecular complexity index is 906. The largest absolute Gasteiger partial charge is 0.328 e. The minimum Gasteiger partial charge on any atom is -0.328 e. The summed E-state index contributed by atoms with van der Waals surface area (Å²) in [6.07, 6.45) is 0. The van der Waals surface area contributed by atoms with Crippen LogP contribution in [0.15, 0.2) is 42.5 Å². The third-order valence-corrected chi connectivity index (χ3v) is 4.88. The molecule has 6 nitrogen and oxygen atoms in total. The Kier molecular flexibility index (Phi) is 5.78. The van der Waals surface area contributed by atoms with Crippen LogP contribution in [-0.4, -0.2) is 47.2 Å². The number of nitrogens with zero attached hydrogens (tertiary/aromatic N) is 2. The molecule has 1 fully saturated rings. The number of piperazine rings is 1. The van der Waals surface area contributed by atoms with E-state index in [0.717, 1.165) is 22.3 Å². The van der Waals surface area contributed by atoms with Crippen molar-refractivity contribution in [1.82, 2.24) is 9.80 Å². The highest BCUT2D eigenvalue weighted by Gasteiger charge is 2.33. The zero-order valence-corrected chi connectivity index (χ0v) is 16.5. The van der Waals surface area contributed by atoms with E-state index >= 15 is 0 Å². The SMILES string of the molecule is Cc1ccc(CN2CCN(CC(=O)Nc3ccc(C)cc3C)C(=O)C2=O)cc1. The normalized spacial score (nSPS) is 14.4. The van der Waals surface area contributed by atoms with Crippen molar-refractivity contribution in [1.29, 1.82) is 0 Å². The number of nitrogens with one attached hydrogen (secondary N) is 1. The molecule has 3 amide bonds. The maximum Gasteiger partial charge on any atom is 0.312 e. The zero-order chi connectivity index (χ0) is 20.3. The van der Waals surface area contributed by atoms with Gasteiger partial charge in [-0.15, -0.1) is 0 Å². The van der Waals surface area contributed by atoms with Crippen molar-refractivity contribution in [3.63, 3.8) is 0 Å². The third kappa shape index (κ3) is 4.57. The maximum atomic E-state index is 12.4. The van der Waals surface area contributed by atoms with Crippen molar-refractivity contribution >= 4 is 23.4 Å². The molecule has 1 aliphatic rings. The summed E-state index contributed by atoms with van der Waals surface area (Å²) in [5, 5.41) is 2.82. The molecule has 2 aromatic carbocycles. The Labute approximate surface area is 165 Å². The molecule has 6 heteroatoms. The van der Waals surface area contributed by atoms with Crippen molar-refractivity contribution in [2.75, 3.05) is 25.0 Å². The average molecular weight is 379 g/mol. The van der Waals surface area contributed by atoms with Crippen LogP contribution in [-0.2, 0) is 20.9 Å². The first kappa shape index (κ1) is 19.6. The van der Waals surface area contributed by atoms with Crippen LogP contribution in [0.2, 0.25) is 0 Å². The van der Waals surface area contributed by atoms with Gasteiger partial charge in [-0.05, 0) is 38.0 Å². The van der Waals surface area contributed by atoms with Gasteiger partial charge in [-0.1, -0.05) is 47.5 Å². The summed E-state index contributed by atoms with van der Waals surface area (Å²) in [6.45, 7) is 6.93. The van der Waals surface area contributed by atoms with Gasteiger partial charge in [-0.2, -0.15) is 0 Å². The van der Waals surface area contributed by atoms with Gasteiger partial charge in [0.25, 0.3) is 0 Å². The molecule has 1 saturated heterocycles. The van der Waals surface area contributed by atoms with Gasteiger partial charge in [-0.25, -0.2) is 0 Å². The Morgan fingerprint density at radius 3 is 2.18 bits per heavy atom. The van der Waals surface area contributed by atoms with E-state index < -0.39 is 11.8 Å². The number of hydrogen-bond acceptors (Lipinski definition) is 3. The summed E-state index contributed by atoms with van der Waals surface area (Å²) >= 11 is 0. The molecule has 0 bridgehead atoms. The van der Waals surface area contributed by atoms with Crippen LogP contribution >= 0.6 is 0 Å². The van der Waals surface area contributed by atoms with Gasteiger partial charge < -0.3 is 15.1 Å². The van der Waals surface area contributed by atoms with Crippen molar-refractivity contribution in [3.05, 3.63) is 64.7 Å². The van der Waals surface area contributed by atoms with E-state index in [1.165, 1.54) is 9.80 Å². The van der Waals surface area contributed by atoms with Gasteiger partial charge in [0.1, 0.15) is 6.54 Å². The molecule has 1 heterocycles. The number of rotatable bonds is 5. The molecule has 1 N–H and O–H groups in total. The number of aryl methyl sites for hydroxylation is 3. The van der Waals surface area contributed by atoms with Gasteiger partial charge in [-0.3, -0.25) is 14.4 Å². The predicted octanol–water partition coefficient (Wildman–Crippen LogP) is 2.42. The summed E-state index contributed by atoms with van der Waals surface area (Å²) in [7, 11) is 0. The molecule has 0 atom stereocenters. The standard InChI is InChI=1S/C22H25N3O3/c1-15-4-7-18(8-5-15)13-24-10-11-25(22(28)21(24)27)14-20(26)23-19-9-6-16(2)12-17(19)3/h4-9,12H,10-11,13-14H2,1-3H3,(H,23,26). The minimum atomic E-state index is -0.630. The van der Waals surface area contributed by atoms with Gasteiger partial charge in [0, 0.05) is 25.3 Å². The lowest BCUT2D eigenvalue weighted by Gasteiger charge is -2.33. The zero-order valence-electron chi connectivity index (χ0n) is 16.5. The van der Waals surface area contributed by atoms with Crippen LogP contribution in [0, 0.1) is 20.8 Å². The molecule has 146 valence electrons. The number of carbonyl (C=O) groups is 3. The molecule has 3 rings (SSSR count). The second-order valence-corrected chi connectivity index (χ2v) is 7.31. The van der Waals surface area contributed by atoms with Crippen molar-refractivity contribution < 1.29 is 14.4 Å². The van der Waals surface area contributed by atoms with Gasteiger partial charge >= 0.3 is 11.8 Å². The molecule has 2 aromatic rings. The summed E-state index contributed by atoms with van der Waals surface area (Å²) in [6, 6.07) is 13.6. The lowest BCUT2D eigenvalue weighted by atomic mass is 10.1. The summed E-state index contributed by atoms with van der Waals surface area (Å²) < 4.78 is 0. The van der Waals surface area contributed by atoms with Gasteiger partial charge in [0.15, 0.2) is 0 Å². The predicted molar refractivity (Wildman–Crippen MR) is 108 cm³/mol. The van der Waals surface area contributed by atoms with E-state index in [1.807, 2.05) is 63.2 Å². The molecule has 0 aromatic heterocycles. The molecular weight excluding hydrogens is 354 g/mol. The van der Waals surface area contributed by atoms with Crippen LogP contribution in [0.4, 0.5) is 5.69 Å². The molecular formula is C22H25N3O3. The molecule has 1 aliphatic heterocycles. The Hall–Kier alpha value is -3.15. The molecule has 0 saturated carbocycles. The molecule has 0 radical (unpaired) electrons. The Balaban J connectivity index is 1.58. The van der Waals surface area contributed by atoms with Crippen molar-refractivity contribution in [2.45, 2.75) is 27.3 Å². The molecule has 28 heavy (non-hydrogen) atoms. The van der Waals surface area contributed by atoms with Crippen LogP contribution < -0.4 is 5.32 Å². The quantitative estimate of drug-likeness (QED) is 0.811. The van der Waals surface area contributed by atoms with Crippen LogP contribution in [0.3, 0.4) is 0 Å². The third-order valence-electron chi connectivity index (χ3n) is 4.88. The summed E-state index contributed by atoms with van der Waals surface area (Å²) in [5.74, 6) is -1.50. The van der Waals surface area contributed by atoms with E-state index in [2.05, 4.69) is 5.32 Å². The molecule has 0 unspecified atom stereocenters. The van der Waals surface area contributed by atoms with Crippen LogP contribution in [0.1, 0.15) is 22.3 Å². The fraction of sp³-hybridized carbons (Fsp3) is 0.318. The first-order chi connectivity index (χ1) is 13.3. The van der Waals surface area contributed by atoms with Crippen molar-refractivity contribution in [3.8, 4) is 0 Å². The first-order valence-corrected chi connectivity index (χ1v) is 9.34. The highest BCUT2D eigenvalue weighted by Crippen LogP contribution is 2.16. The van der Waals surface area contributed by atoms with Crippen LogP contribution in [0.5, 0.6) is 0 Å². The van der Waals surface area contributed by atoms with E-state index in [4.69, 9.17) is 0 Å². The highest BCUT2D eigenvalue weighted by molar-refractivity contribution is 6.35. The Morgan fingerprint density at radius 2 is 1.50 bits per heavy atom. The average Bonchev–Trinajstić information content (AvgIpc) is 2.65. The topological polar surface area (TPSA) is 69.7 Å². The highest BCUT2D eigenvalue weighted by atomic mass is 16.2. The summed E-state index contributed by atoms with van der Waals surface area (Å²) in [5.41, 5.74) is 4.91. The second-order valence-electron chi connectivity index (χ2n) is 7.31. The lowest BCUT2D eigenvalue weighted by Crippen LogP contribution is -2.55. The number of carbonyl (C=O) groups excluding carboxylic acids is 3. The first-order valence-electron chi connectivity index (χ1n) is 9.34. The monoisotopic (exact) mass is 379 g/mol. The number of hydrogen-bond donors (Lipinski definition) is 1. The number of amides is 3. The number of benzene rings is 2. The van der Waals surface area contributed by atoms with Gasteiger partial charge in [0.05, 0.1) is 0 Å². The fourth-order valence-corrected chi connectivity index (χ4v) is 3.25. The molecule has 0 aliphatic carbocycles. The van der Waals surface area contributed by atoms with E-state index in [-0.39, 0.29) is 12.5 Å².